The molecule has 0 atom stereocenters. The van der Waals surface area contributed by atoms with Crippen molar-refractivity contribution >= 4 is 51.6 Å². The molecule has 25 heavy (non-hydrogen) atoms. The number of anilines is 1. The quantitative estimate of drug-likeness (QED) is 0.477. The normalized spacial score (nSPS) is 11.2. The van der Waals surface area contributed by atoms with Crippen molar-refractivity contribution in [2.24, 2.45) is 0 Å². The summed E-state index contributed by atoms with van der Waals surface area (Å²) in [7, 11) is 0. The van der Waals surface area contributed by atoms with Gasteiger partial charge in [-0.25, -0.2) is 0 Å². The zero-order chi connectivity index (χ0) is 17.8. The van der Waals surface area contributed by atoms with E-state index in [1.165, 1.54) is 0 Å². The Kier molecular flexibility index (Phi) is 5.04. The minimum Gasteiger partial charge on any atom is -0.319 e. The molecule has 0 bridgehead atoms. The minimum atomic E-state index is -0.564. The van der Waals surface area contributed by atoms with Crippen LogP contribution in [-0.4, -0.2) is 5.91 Å². The van der Waals surface area contributed by atoms with E-state index in [1.54, 1.807) is 24.3 Å². The smallest absolute Gasteiger partial charge is 0.266 e. The van der Waals surface area contributed by atoms with Crippen LogP contribution in [0.5, 0.6) is 0 Å². The van der Waals surface area contributed by atoms with Crippen LogP contribution in [0.3, 0.4) is 0 Å². The Bertz CT molecular complexity index is 1010. The lowest BCUT2D eigenvalue weighted by molar-refractivity contribution is -0.112. The molecule has 3 rings (SSSR count). The summed E-state index contributed by atoms with van der Waals surface area (Å²) in [6.45, 7) is 0. The van der Waals surface area contributed by atoms with Gasteiger partial charge in [0, 0.05) is 0 Å². The van der Waals surface area contributed by atoms with Gasteiger partial charge >= 0.3 is 0 Å². The third-order valence-corrected chi connectivity index (χ3v) is 4.32. The van der Waals surface area contributed by atoms with Gasteiger partial charge in [-0.2, -0.15) is 5.26 Å². The van der Waals surface area contributed by atoms with Gasteiger partial charge < -0.3 is 5.32 Å². The second kappa shape index (κ2) is 7.40. The average molecular weight is 367 g/mol. The van der Waals surface area contributed by atoms with E-state index in [9.17, 15) is 10.1 Å². The number of carbonyl (C=O) groups is 1. The Morgan fingerprint density at radius 2 is 1.60 bits per heavy atom. The Hall–Kier alpha value is -2.80. The summed E-state index contributed by atoms with van der Waals surface area (Å²) in [6, 6.07) is 20.3. The lowest BCUT2D eigenvalue weighted by Gasteiger charge is -2.09. The van der Waals surface area contributed by atoms with E-state index in [1.807, 2.05) is 48.5 Å². The number of halogens is 2. The number of hydrogen-bond donors (Lipinski definition) is 1. The first kappa shape index (κ1) is 17.0. The Morgan fingerprint density at radius 1 is 0.960 bits per heavy atom. The number of amides is 1. The number of hydrogen-bond acceptors (Lipinski definition) is 2. The van der Waals surface area contributed by atoms with E-state index in [2.05, 4.69) is 5.32 Å². The van der Waals surface area contributed by atoms with Gasteiger partial charge in [0.15, 0.2) is 0 Å². The van der Waals surface area contributed by atoms with Gasteiger partial charge in [-0.15, -0.1) is 0 Å². The summed E-state index contributed by atoms with van der Waals surface area (Å²) in [4.78, 5) is 12.5. The van der Waals surface area contributed by atoms with Crippen molar-refractivity contribution in [3.8, 4) is 6.07 Å². The maximum absolute atomic E-state index is 12.5. The van der Waals surface area contributed by atoms with E-state index in [-0.39, 0.29) is 11.3 Å². The Morgan fingerprint density at radius 3 is 2.32 bits per heavy atom. The highest BCUT2D eigenvalue weighted by atomic mass is 35.5. The molecule has 3 nitrogen and oxygen atoms in total. The van der Waals surface area contributed by atoms with Crippen LogP contribution < -0.4 is 5.32 Å². The fourth-order valence-corrected chi connectivity index (χ4v) is 2.97. The van der Waals surface area contributed by atoms with Crippen molar-refractivity contribution in [2.75, 3.05) is 5.32 Å². The molecule has 0 aromatic heterocycles. The Balaban J connectivity index is 1.98. The average Bonchev–Trinajstić information content (AvgIpc) is 2.62. The topological polar surface area (TPSA) is 52.9 Å². The summed E-state index contributed by atoms with van der Waals surface area (Å²) in [5.74, 6) is -0.564. The SMILES string of the molecule is N#C/C(=C\c1cccc2ccccc12)C(=O)Nc1c(Cl)cccc1Cl. The van der Waals surface area contributed by atoms with Crippen molar-refractivity contribution in [1.82, 2.24) is 0 Å². The number of rotatable bonds is 3. The number of para-hydroxylation sites is 1. The zero-order valence-corrected chi connectivity index (χ0v) is 14.5. The highest BCUT2D eigenvalue weighted by Gasteiger charge is 2.14. The first-order valence-electron chi connectivity index (χ1n) is 7.45. The highest BCUT2D eigenvalue weighted by Crippen LogP contribution is 2.30. The van der Waals surface area contributed by atoms with Crippen LogP contribution in [-0.2, 0) is 4.79 Å². The molecule has 0 radical (unpaired) electrons. The monoisotopic (exact) mass is 366 g/mol. The maximum atomic E-state index is 12.5. The van der Waals surface area contributed by atoms with Gasteiger partial charge in [0.25, 0.3) is 5.91 Å². The molecule has 0 aliphatic rings. The van der Waals surface area contributed by atoms with Crippen LogP contribution in [0.2, 0.25) is 10.0 Å². The molecule has 5 heteroatoms. The Labute approximate surface area is 155 Å². The number of nitrogens with zero attached hydrogens (tertiary/aromatic N) is 1. The first-order chi connectivity index (χ1) is 12.1. The standard InChI is InChI=1S/C20H12Cl2N2O/c21-17-9-4-10-18(22)19(17)24-20(25)15(12-23)11-14-7-3-6-13-5-1-2-8-16(13)14/h1-11H,(H,24,25)/b15-11+. The summed E-state index contributed by atoms with van der Waals surface area (Å²) >= 11 is 12.1. The molecule has 0 heterocycles. The number of fused-ring (bicyclic) bond motifs is 1. The predicted octanol–water partition coefficient (Wildman–Crippen LogP) is 5.69. The van der Waals surface area contributed by atoms with E-state index in [0.29, 0.717) is 10.0 Å². The van der Waals surface area contributed by atoms with Crippen molar-refractivity contribution < 1.29 is 4.79 Å². The van der Waals surface area contributed by atoms with Gasteiger partial charge in [-0.3, -0.25) is 4.79 Å². The zero-order valence-electron chi connectivity index (χ0n) is 13.0. The van der Waals surface area contributed by atoms with Gasteiger partial charge in [-0.05, 0) is 34.5 Å². The number of nitriles is 1. The summed E-state index contributed by atoms with van der Waals surface area (Å²) in [6.07, 6.45) is 1.56. The molecule has 3 aromatic carbocycles. The van der Waals surface area contributed by atoms with E-state index < -0.39 is 5.91 Å². The van der Waals surface area contributed by atoms with Crippen LogP contribution in [0, 0.1) is 11.3 Å². The van der Waals surface area contributed by atoms with E-state index >= 15 is 0 Å². The number of benzene rings is 3. The molecular weight excluding hydrogens is 355 g/mol. The lowest BCUT2D eigenvalue weighted by atomic mass is 10.0. The van der Waals surface area contributed by atoms with Gasteiger partial charge in [0.2, 0.25) is 0 Å². The van der Waals surface area contributed by atoms with Crippen LogP contribution in [0.1, 0.15) is 5.56 Å². The molecule has 0 fully saturated rings. The molecule has 0 aliphatic carbocycles. The van der Waals surface area contributed by atoms with Gasteiger partial charge in [-0.1, -0.05) is 71.7 Å². The highest BCUT2D eigenvalue weighted by molar-refractivity contribution is 6.40. The van der Waals surface area contributed by atoms with Gasteiger partial charge in [0.1, 0.15) is 11.6 Å². The maximum Gasteiger partial charge on any atom is 0.266 e. The van der Waals surface area contributed by atoms with Crippen LogP contribution in [0.4, 0.5) is 5.69 Å². The van der Waals surface area contributed by atoms with Gasteiger partial charge in [0.05, 0.1) is 15.7 Å². The molecule has 122 valence electrons. The fourth-order valence-electron chi connectivity index (χ4n) is 2.48. The molecule has 3 aromatic rings. The van der Waals surface area contributed by atoms with E-state index in [4.69, 9.17) is 23.2 Å². The molecule has 0 aliphatic heterocycles. The molecule has 0 saturated heterocycles. The summed E-state index contributed by atoms with van der Waals surface area (Å²) in [5, 5.41) is 14.6. The van der Waals surface area contributed by atoms with Crippen LogP contribution >= 0.6 is 23.2 Å². The first-order valence-corrected chi connectivity index (χ1v) is 8.20. The van der Waals surface area contributed by atoms with Crippen molar-refractivity contribution in [1.29, 1.82) is 5.26 Å². The predicted molar refractivity (Wildman–Crippen MR) is 103 cm³/mol. The fraction of sp³-hybridized carbons (Fsp3) is 0. The minimum absolute atomic E-state index is 0.0349. The molecular formula is C20H12Cl2N2O. The third-order valence-electron chi connectivity index (χ3n) is 3.69. The number of nitrogens with one attached hydrogen (secondary N) is 1. The largest absolute Gasteiger partial charge is 0.319 e. The van der Waals surface area contributed by atoms with Crippen LogP contribution in [0.15, 0.2) is 66.2 Å². The molecule has 1 N–H and O–H groups in total. The molecule has 1 amide bonds. The second-order valence-electron chi connectivity index (χ2n) is 5.29. The van der Waals surface area contributed by atoms with E-state index in [0.717, 1.165) is 16.3 Å². The molecule has 0 unspecified atom stereocenters. The summed E-state index contributed by atoms with van der Waals surface area (Å²) < 4.78 is 0. The molecule has 0 spiro atoms. The van der Waals surface area contributed by atoms with Crippen LogP contribution in [0.25, 0.3) is 16.8 Å². The third kappa shape index (κ3) is 3.66. The van der Waals surface area contributed by atoms with Crippen molar-refractivity contribution in [3.63, 3.8) is 0 Å². The van der Waals surface area contributed by atoms with Crippen molar-refractivity contribution in [3.05, 3.63) is 81.8 Å². The summed E-state index contributed by atoms with van der Waals surface area (Å²) in [5.41, 5.74) is 1.04. The lowest BCUT2D eigenvalue weighted by Crippen LogP contribution is -2.14. The number of carbonyl (C=O) groups excluding carboxylic acids is 1. The molecule has 0 saturated carbocycles. The van der Waals surface area contributed by atoms with Crippen molar-refractivity contribution in [2.45, 2.75) is 0 Å². The second-order valence-corrected chi connectivity index (χ2v) is 6.10.